The van der Waals surface area contributed by atoms with Crippen LogP contribution in [0.4, 0.5) is 0 Å². The molecule has 2 atom stereocenters. The van der Waals surface area contributed by atoms with Gasteiger partial charge in [-0.15, -0.1) is 0 Å². The summed E-state index contributed by atoms with van der Waals surface area (Å²) in [6.45, 7) is 2.29. The number of rotatable bonds is 0. The summed E-state index contributed by atoms with van der Waals surface area (Å²) in [5.41, 5.74) is 2.82. The molecule has 1 aliphatic carbocycles. The van der Waals surface area contributed by atoms with Crippen molar-refractivity contribution in [2.45, 2.75) is 24.7 Å². The minimum Gasteiger partial charge on any atom is -0.491 e. The number of hydrogen-bond donors (Lipinski definition) is 0. The molecule has 0 spiro atoms. The van der Waals surface area contributed by atoms with Gasteiger partial charge in [-0.1, -0.05) is 24.3 Å². The van der Waals surface area contributed by atoms with Crippen LogP contribution in [0.5, 0.6) is 11.5 Å². The van der Waals surface area contributed by atoms with E-state index in [2.05, 4.69) is 48.5 Å². The van der Waals surface area contributed by atoms with E-state index in [-0.39, 0.29) is 0 Å². The van der Waals surface area contributed by atoms with Crippen molar-refractivity contribution < 1.29 is 14.2 Å². The SMILES string of the molecule is c1cc2ccc1OCCOCCOc1ccc(cc1)C1CCC21. The Bertz CT molecular complexity index is 575. The molecule has 0 N–H and O–H groups in total. The molecule has 4 heterocycles. The minimum absolute atomic E-state index is 0.569. The third-order valence-electron chi connectivity index (χ3n) is 4.88. The van der Waals surface area contributed by atoms with Gasteiger partial charge in [0.25, 0.3) is 0 Å². The predicted octanol–water partition coefficient (Wildman–Crippen LogP) is 4.14. The van der Waals surface area contributed by atoms with Crippen molar-refractivity contribution in [3.05, 3.63) is 59.7 Å². The van der Waals surface area contributed by atoms with Crippen LogP contribution in [0.2, 0.25) is 0 Å². The highest BCUT2D eigenvalue weighted by Crippen LogP contribution is 2.49. The van der Waals surface area contributed by atoms with E-state index in [1.807, 2.05) is 0 Å². The molecule has 2 aromatic rings. The molecule has 2 unspecified atom stereocenters. The Balaban J connectivity index is 1.59. The lowest BCUT2D eigenvalue weighted by molar-refractivity contribution is 0.0764. The molecule has 1 saturated carbocycles. The quantitative estimate of drug-likeness (QED) is 0.732. The van der Waals surface area contributed by atoms with Crippen LogP contribution < -0.4 is 9.47 Å². The fourth-order valence-electron chi connectivity index (χ4n) is 3.46. The van der Waals surface area contributed by atoms with Crippen LogP contribution in [0.1, 0.15) is 35.8 Å². The molecule has 2 aromatic carbocycles. The van der Waals surface area contributed by atoms with Crippen molar-refractivity contribution >= 4 is 0 Å². The second-order valence-electron chi connectivity index (χ2n) is 6.24. The van der Waals surface area contributed by atoms with Gasteiger partial charge in [-0.2, -0.15) is 0 Å². The van der Waals surface area contributed by atoms with Gasteiger partial charge in [-0.05, 0) is 60.1 Å². The smallest absolute Gasteiger partial charge is 0.119 e. The highest BCUT2D eigenvalue weighted by molar-refractivity contribution is 5.37. The topological polar surface area (TPSA) is 27.7 Å². The Kier molecular flexibility index (Phi) is 4.20. The molecule has 120 valence electrons. The monoisotopic (exact) mass is 310 g/mol. The Labute approximate surface area is 137 Å². The lowest BCUT2D eigenvalue weighted by atomic mass is 9.67. The van der Waals surface area contributed by atoms with E-state index >= 15 is 0 Å². The van der Waals surface area contributed by atoms with Gasteiger partial charge in [0.15, 0.2) is 0 Å². The largest absolute Gasteiger partial charge is 0.491 e. The van der Waals surface area contributed by atoms with E-state index in [0.29, 0.717) is 38.3 Å². The van der Waals surface area contributed by atoms with Gasteiger partial charge in [0.05, 0.1) is 13.2 Å². The van der Waals surface area contributed by atoms with Crippen LogP contribution in [-0.2, 0) is 4.74 Å². The van der Waals surface area contributed by atoms with Crippen LogP contribution in [0.25, 0.3) is 0 Å². The summed E-state index contributed by atoms with van der Waals surface area (Å²) in [7, 11) is 0. The van der Waals surface area contributed by atoms with Crippen molar-refractivity contribution in [1.29, 1.82) is 0 Å². The third kappa shape index (κ3) is 3.20. The average molecular weight is 310 g/mol. The van der Waals surface area contributed by atoms with E-state index < -0.39 is 0 Å². The Morgan fingerprint density at radius 1 is 0.565 bits per heavy atom. The molecular weight excluding hydrogens is 288 g/mol. The summed E-state index contributed by atoms with van der Waals surface area (Å²) in [5, 5.41) is 0. The molecular formula is C20H22O3. The first-order valence-corrected chi connectivity index (χ1v) is 8.43. The molecule has 3 nitrogen and oxygen atoms in total. The second-order valence-corrected chi connectivity index (χ2v) is 6.24. The van der Waals surface area contributed by atoms with Gasteiger partial charge >= 0.3 is 0 Å². The Hall–Kier alpha value is -2.00. The van der Waals surface area contributed by atoms with Crippen molar-refractivity contribution in [2.24, 2.45) is 0 Å². The molecule has 0 amide bonds. The fraction of sp³-hybridized carbons (Fsp3) is 0.400. The maximum atomic E-state index is 5.72. The van der Waals surface area contributed by atoms with E-state index in [9.17, 15) is 0 Å². The van der Waals surface area contributed by atoms with Gasteiger partial charge in [0.1, 0.15) is 24.7 Å². The number of benzene rings is 2. The van der Waals surface area contributed by atoms with Crippen LogP contribution in [0, 0.1) is 0 Å². The minimum atomic E-state index is 0.569. The summed E-state index contributed by atoms with van der Waals surface area (Å²) < 4.78 is 17.0. The first-order valence-electron chi connectivity index (χ1n) is 8.43. The van der Waals surface area contributed by atoms with Crippen LogP contribution in [0.15, 0.2) is 48.5 Å². The van der Waals surface area contributed by atoms with E-state index in [1.54, 1.807) is 0 Å². The van der Waals surface area contributed by atoms with Crippen molar-refractivity contribution in [1.82, 2.24) is 0 Å². The van der Waals surface area contributed by atoms with Crippen molar-refractivity contribution in [2.75, 3.05) is 26.4 Å². The molecule has 23 heavy (non-hydrogen) atoms. The Morgan fingerprint density at radius 2 is 1.00 bits per heavy atom. The normalized spacial score (nSPS) is 24.0. The maximum Gasteiger partial charge on any atom is 0.119 e. The fourth-order valence-corrected chi connectivity index (χ4v) is 3.46. The van der Waals surface area contributed by atoms with Crippen LogP contribution >= 0.6 is 0 Å². The lowest BCUT2D eigenvalue weighted by Gasteiger charge is -2.37. The van der Waals surface area contributed by atoms with Crippen molar-refractivity contribution in [3.63, 3.8) is 0 Å². The predicted molar refractivity (Wildman–Crippen MR) is 89.4 cm³/mol. The van der Waals surface area contributed by atoms with Crippen LogP contribution in [0.3, 0.4) is 0 Å². The van der Waals surface area contributed by atoms with Crippen molar-refractivity contribution in [3.8, 4) is 11.5 Å². The van der Waals surface area contributed by atoms with Gasteiger partial charge in [-0.3, -0.25) is 0 Å². The van der Waals surface area contributed by atoms with Gasteiger partial charge in [0.2, 0.25) is 0 Å². The first-order chi connectivity index (χ1) is 11.4. The molecule has 5 aliphatic rings. The molecule has 0 aromatic heterocycles. The summed E-state index contributed by atoms with van der Waals surface area (Å²) in [5.74, 6) is 3.07. The standard InChI is InChI=1S/C20H22O3/c1-5-17-6-2-15(1)19-9-10-20(19)16-3-7-18(8-4-16)23-14-12-21-11-13-22-17/h1-8,19-20H,9-14H2. The summed E-state index contributed by atoms with van der Waals surface area (Å²) in [6, 6.07) is 17.2. The van der Waals surface area contributed by atoms with E-state index in [0.717, 1.165) is 11.5 Å². The maximum absolute atomic E-state index is 5.72. The molecule has 4 bridgehead atoms. The zero-order valence-electron chi connectivity index (χ0n) is 13.2. The van der Waals surface area contributed by atoms with Gasteiger partial charge in [-0.25, -0.2) is 0 Å². The Morgan fingerprint density at radius 3 is 1.39 bits per heavy atom. The molecule has 1 fully saturated rings. The highest BCUT2D eigenvalue weighted by Gasteiger charge is 2.33. The number of hydrogen-bond acceptors (Lipinski definition) is 3. The molecule has 0 radical (unpaired) electrons. The first kappa shape index (κ1) is 14.6. The second kappa shape index (κ2) is 6.63. The zero-order chi connectivity index (χ0) is 15.5. The molecule has 0 saturated heterocycles. The summed E-state index contributed by atoms with van der Waals surface area (Å²) in [6.07, 6.45) is 2.52. The van der Waals surface area contributed by atoms with Gasteiger partial charge < -0.3 is 14.2 Å². The summed E-state index contributed by atoms with van der Waals surface area (Å²) in [4.78, 5) is 0. The highest BCUT2D eigenvalue weighted by atomic mass is 16.5. The summed E-state index contributed by atoms with van der Waals surface area (Å²) >= 11 is 0. The number of ether oxygens (including phenoxy) is 3. The van der Waals surface area contributed by atoms with Crippen LogP contribution in [-0.4, -0.2) is 26.4 Å². The zero-order valence-corrected chi connectivity index (χ0v) is 13.2. The van der Waals surface area contributed by atoms with E-state index in [4.69, 9.17) is 14.2 Å². The molecule has 7 rings (SSSR count). The third-order valence-corrected chi connectivity index (χ3v) is 4.88. The molecule has 3 heteroatoms. The lowest BCUT2D eigenvalue weighted by Crippen LogP contribution is -2.21. The van der Waals surface area contributed by atoms with Gasteiger partial charge in [0, 0.05) is 0 Å². The molecule has 4 aliphatic heterocycles. The average Bonchev–Trinajstić information content (AvgIpc) is 2.55. The van der Waals surface area contributed by atoms with E-state index in [1.165, 1.54) is 24.0 Å².